The van der Waals surface area contributed by atoms with E-state index in [1.54, 1.807) is 24.3 Å². The van der Waals surface area contributed by atoms with Crippen molar-refractivity contribution in [1.82, 2.24) is 0 Å². The number of hydrogen-bond acceptors (Lipinski definition) is 3. The Bertz CT molecular complexity index is 674. The van der Waals surface area contributed by atoms with Crippen LogP contribution in [0, 0.1) is 17.1 Å². The molecule has 0 fully saturated rings. The third kappa shape index (κ3) is 2.61. The number of carbonyl (C=O) groups excluding carboxylic acids is 1. The Morgan fingerprint density at radius 3 is 2.53 bits per heavy atom. The highest BCUT2D eigenvalue weighted by molar-refractivity contribution is 5.97. The second-order valence-corrected chi connectivity index (χ2v) is 3.88. The molecule has 0 unspecified atom stereocenters. The summed E-state index contributed by atoms with van der Waals surface area (Å²) in [4.78, 5) is 11.4. The van der Waals surface area contributed by atoms with E-state index in [0.717, 1.165) is 0 Å². The largest absolute Gasteiger partial charge is 0.455 e. The summed E-state index contributed by atoms with van der Waals surface area (Å²) < 4.78 is 19.1. The number of rotatable bonds is 3. The second kappa shape index (κ2) is 5.32. The summed E-state index contributed by atoms with van der Waals surface area (Å²) in [6, 6.07) is 12.7. The highest BCUT2D eigenvalue weighted by Crippen LogP contribution is 2.29. The smallest absolute Gasteiger partial charge is 0.166 e. The summed E-state index contributed by atoms with van der Waals surface area (Å²) >= 11 is 0. The van der Waals surface area contributed by atoms with Gasteiger partial charge in [-0.1, -0.05) is 18.2 Å². The number of ketones is 1. The average Bonchev–Trinajstić information content (AvgIpc) is 2.39. The fourth-order valence-corrected chi connectivity index (χ4v) is 1.70. The number of Topliss-reactive ketones (excluding diaryl/α,β-unsaturated/α-hetero) is 1. The monoisotopic (exact) mass is 255 g/mol. The van der Waals surface area contributed by atoms with E-state index >= 15 is 0 Å². The van der Waals surface area contributed by atoms with Gasteiger partial charge in [0.05, 0.1) is 11.1 Å². The molecule has 0 radical (unpaired) electrons. The zero-order chi connectivity index (χ0) is 13.8. The third-order valence-corrected chi connectivity index (χ3v) is 2.55. The van der Waals surface area contributed by atoms with Gasteiger partial charge in [-0.05, 0) is 31.2 Å². The van der Waals surface area contributed by atoms with Crippen LogP contribution in [0.15, 0.2) is 42.5 Å². The van der Waals surface area contributed by atoms with E-state index in [9.17, 15) is 9.18 Å². The molecule has 0 aliphatic heterocycles. The molecule has 19 heavy (non-hydrogen) atoms. The highest BCUT2D eigenvalue weighted by Gasteiger charge is 2.15. The summed E-state index contributed by atoms with van der Waals surface area (Å²) in [6.07, 6.45) is 0. The number of para-hydroxylation sites is 1. The van der Waals surface area contributed by atoms with Crippen molar-refractivity contribution in [3.63, 3.8) is 0 Å². The van der Waals surface area contributed by atoms with Crippen LogP contribution >= 0.6 is 0 Å². The van der Waals surface area contributed by atoms with Crippen LogP contribution in [0.2, 0.25) is 0 Å². The molecule has 0 saturated carbocycles. The number of hydrogen-bond donors (Lipinski definition) is 0. The first kappa shape index (κ1) is 12.8. The molecule has 0 aliphatic carbocycles. The lowest BCUT2D eigenvalue weighted by Crippen LogP contribution is -2.01. The molecule has 0 amide bonds. The van der Waals surface area contributed by atoms with Gasteiger partial charge in [0.1, 0.15) is 23.4 Å². The number of nitrogens with zero attached hydrogens (tertiary/aromatic N) is 1. The second-order valence-electron chi connectivity index (χ2n) is 3.88. The molecule has 2 aromatic carbocycles. The first-order valence-corrected chi connectivity index (χ1v) is 5.60. The predicted molar refractivity (Wildman–Crippen MR) is 67.6 cm³/mol. The Balaban J connectivity index is 2.48. The zero-order valence-electron chi connectivity index (χ0n) is 10.2. The Morgan fingerprint density at radius 2 is 1.84 bits per heavy atom. The van der Waals surface area contributed by atoms with E-state index in [-0.39, 0.29) is 17.1 Å². The minimum absolute atomic E-state index is 0.107. The Morgan fingerprint density at radius 1 is 1.16 bits per heavy atom. The molecule has 0 aliphatic rings. The molecule has 0 atom stereocenters. The van der Waals surface area contributed by atoms with Crippen LogP contribution < -0.4 is 4.74 Å². The van der Waals surface area contributed by atoms with Crippen molar-refractivity contribution in [3.8, 4) is 17.6 Å². The average molecular weight is 255 g/mol. The minimum Gasteiger partial charge on any atom is -0.455 e. The number of carbonyl (C=O) groups is 1. The van der Waals surface area contributed by atoms with Gasteiger partial charge in [0.15, 0.2) is 5.78 Å². The van der Waals surface area contributed by atoms with Crippen LogP contribution in [0.1, 0.15) is 22.8 Å². The molecule has 2 aromatic rings. The number of ether oxygens (including phenoxy) is 1. The fourth-order valence-electron chi connectivity index (χ4n) is 1.70. The summed E-state index contributed by atoms with van der Waals surface area (Å²) in [6.45, 7) is 1.27. The number of nitriles is 1. The van der Waals surface area contributed by atoms with Crippen LogP contribution in [-0.2, 0) is 0 Å². The normalized spacial score (nSPS) is 9.74. The van der Waals surface area contributed by atoms with Crippen LogP contribution in [0.5, 0.6) is 11.5 Å². The van der Waals surface area contributed by atoms with E-state index < -0.39 is 11.6 Å². The van der Waals surface area contributed by atoms with Gasteiger partial charge in [-0.3, -0.25) is 4.79 Å². The van der Waals surface area contributed by atoms with Gasteiger partial charge in [0.25, 0.3) is 0 Å². The van der Waals surface area contributed by atoms with Gasteiger partial charge in [-0.15, -0.1) is 0 Å². The van der Waals surface area contributed by atoms with Crippen molar-refractivity contribution in [1.29, 1.82) is 5.26 Å². The summed E-state index contributed by atoms with van der Waals surface area (Å²) in [5.41, 5.74) is 0.205. The summed E-state index contributed by atoms with van der Waals surface area (Å²) in [7, 11) is 0. The lowest BCUT2D eigenvalue weighted by molar-refractivity contribution is 0.101. The number of benzene rings is 2. The van der Waals surface area contributed by atoms with Crippen LogP contribution in [0.3, 0.4) is 0 Å². The maximum atomic E-state index is 13.6. The zero-order valence-corrected chi connectivity index (χ0v) is 10.2. The van der Waals surface area contributed by atoms with Crippen molar-refractivity contribution in [2.75, 3.05) is 0 Å². The quantitative estimate of drug-likeness (QED) is 0.786. The van der Waals surface area contributed by atoms with Crippen LogP contribution in [0.25, 0.3) is 0 Å². The molecule has 4 heteroatoms. The topological polar surface area (TPSA) is 50.1 Å². The van der Waals surface area contributed by atoms with Gasteiger partial charge in [-0.25, -0.2) is 4.39 Å². The van der Waals surface area contributed by atoms with E-state index in [1.807, 2.05) is 6.07 Å². The van der Waals surface area contributed by atoms with Crippen molar-refractivity contribution in [2.24, 2.45) is 0 Å². The fraction of sp³-hybridized carbons (Fsp3) is 0.0667. The molecule has 94 valence electrons. The van der Waals surface area contributed by atoms with Gasteiger partial charge in [-0.2, -0.15) is 5.26 Å². The lowest BCUT2D eigenvalue weighted by Gasteiger charge is -2.10. The first-order valence-electron chi connectivity index (χ1n) is 5.60. The Kier molecular flexibility index (Phi) is 3.58. The van der Waals surface area contributed by atoms with Crippen LogP contribution in [-0.4, -0.2) is 5.78 Å². The molecule has 0 bridgehead atoms. The molecule has 0 aromatic heterocycles. The van der Waals surface area contributed by atoms with Crippen molar-refractivity contribution < 1.29 is 13.9 Å². The summed E-state index contributed by atoms with van der Waals surface area (Å²) in [5.74, 6) is -0.671. The van der Waals surface area contributed by atoms with E-state index in [2.05, 4.69) is 0 Å². The molecule has 0 N–H and O–H groups in total. The van der Waals surface area contributed by atoms with Gasteiger partial charge >= 0.3 is 0 Å². The van der Waals surface area contributed by atoms with Crippen molar-refractivity contribution in [2.45, 2.75) is 6.92 Å². The molecular weight excluding hydrogens is 245 g/mol. The maximum absolute atomic E-state index is 13.6. The predicted octanol–water partition coefficient (Wildman–Crippen LogP) is 3.69. The third-order valence-electron chi connectivity index (χ3n) is 2.55. The molecule has 2 rings (SSSR count). The van der Waals surface area contributed by atoms with Gasteiger partial charge < -0.3 is 4.74 Å². The minimum atomic E-state index is -0.639. The van der Waals surface area contributed by atoms with E-state index in [1.165, 1.54) is 25.1 Å². The molecule has 0 heterocycles. The maximum Gasteiger partial charge on any atom is 0.166 e. The Labute approximate surface area is 109 Å². The number of halogens is 1. The lowest BCUT2D eigenvalue weighted by atomic mass is 10.1. The first-order chi connectivity index (χ1) is 9.13. The van der Waals surface area contributed by atoms with Gasteiger partial charge in [0, 0.05) is 0 Å². The molecular formula is C15H10FNO2. The van der Waals surface area contributed by atoms with Crippen molar-refractivity contribution >= 4 is 5.78 Å². The van der Waals surface area contributed by atoms with Crippen molar-refractivity contribution in [3.05, 3.63) is 59.4 Å². The van der Waals surface area contributed by atoms with E-state index in [0.29, 0.717) is 5.56 Å². The van der Waals surface area contributed by atoms with Gasteiger partial charge in [0.2, 0.25) is 0 Å². The molecule has 3 nitrogen and oxygen atoms in total. The van der Waals surface area contributed by atoms with Crippen LogP contribution in [0.4, 0.5) is 4.39 Å². The molecule has 0 saturated heterocycles. The van der Waals surface area contributed by atoms with E-state index in [4.69, 9.17) is 10.00 Å². The highest BCUT2D eigenvalue weighted by atomic mass is 19.1. The Hall–Kier alpha value is -2.67. The molecule has 0 spiro atoms. The summed E-state index contributed by atoms with van der Waals surface area (Å²) in [5, 5.41) is 8.96. The standard InChI is InChI=1S/C15H10FNO2/c1-10(18)15-12(16)6-4-8-14(15)19-13-7-3-2-5-11(13)9-17/h2-8H,1H3. The SMILES string of the molecule is CC(=O)c1c(F)cccc1Oc1ccccc1C#N.